The highest BCUT2D eigenvalue weighted by molar-refractivity contribution is 6.05. The monoisotopic (exact) mass is 347 g/mol. The first-order valence-electron chi connectivity index (χ1n) is 8.16. The molecule has 0 aromatic heterocycles. The Balaban J connectivity index is 1.44. The molecule has 0 bridgehead atoms. The maximum Gasteiger partial charge on any atom is 0.322 e. The summed E-state index contributed by atoms with van der Waals surface area (Å²) in [5.74, 6) is 0.585. The second-order valence-corrected chi connectivity index (χ2v) is 6.70. The molecule has 0 radical (unpaired) electrons. The van der Waals surface area contributed by atoms with Crippen molar-refractivity contribution in [1.29, 1.82) is 0 Å². The minimum Gasteiger partial charge on any atom is -0.488 e. The number of para-hydroxylation sites is 1. The van der Waals surface area contributed by atoms with Gasteiger partial charge in [0.25, 0.3) is 5.91 Å². The molecule has 134 valence electrons. The first-order valence-corrected chi connectivity index (χ1v) is 8.16. The fraction of sp³-hybridized carbons (Fsp3) is 0.471. The molecule has 2 heterocycles. The molecule has 0 saturated carbocycles. The summed E-state index contributed by atoms with van der Waals surface area (Å²) in [5, 5.41) is 7.13. The lowest BCUT2D eigenvalue weighted by Crippen LogP contribution is -2.37. The van der Waals surface area contributed by atoms with Crippen LogP contribution >= 0.6 is 0 Å². The fourth-order valence-corrected chi connectivity index (χ4v) is 2.91. The van der Waals surface area contributed by atoms with Crippen LogP contribution in [0.5, 0.6) is 11.5 Å². The van der Waals surface area contributed by atoms with Gasteiger partial charge in [0.1, 0.15) is 18.2 Å². The molecule has 1 fully saturated rings. The molecule has 8 heteroatoms. The van der Waals surface area contributed by atoms with Crippen LogP contribution in [0.4, 0.5) is 4.79 Å². The molecule has 0 unspecified atom stereocenters. The number of imide groups is 1. The largest absolute Gasteiger partial charge is 0.488 e. The van der Waals surface area contributed by atoms with Crippen molar-refractivity contribution in [2.24, 2.45) is 0 Å². The maximum atomic E-state index is 11.8. The van der Waals surface area contributed by atoms with Crippen LogP contribution < -0.4 is 25.4 Å². The zero-order valence-corrected chi connectivity index (χ0v) is 14.2. The molecule has 1 aromatic rings. The highest BCUT2D eigenvalue weighted by Gasteiger charge is 2.32. The lowest BCUT2D eigenvalue weighted by molar-refractivity contribution is -0.126. The van der Waals surface area contributed by atoms with Gasteiger partial charge in [0, 0.05) is 12.0 Å². The van der Waals surface area contributed by atoms with Gasteiger partial charge in [0.05, 0.1) is 13.0 Å². The second-order valence-electron chi connectivity index (χ2n) is 6.70. The molecule has 3 N–H and O–H groups in total. The Morgan fingerprint density at radius 2 is 2.20 bits per heavy atom. The molecule has 0 aliphatic carbocycles. The number of benzene rings is 1. The van der Waals surface area contributed by atoms with E-state index in [0.29, 0.717) is 5.75 Å². The minimum absolute atomic E-state index is 0.102. The summed E-state index contributed by atoms with van der Waals surface area (Å²) >= 11 is 0. The number of hydrogen-bond acceptors (Lipinski definition) is 5. The molecule has 1 atom stereocenters. The Bertz CT molecular complexity index is 716. The summed E-state index contributed by atoms with van der Waals surface area (Å²) in [6.07, 6.45) is 0.723. The summed E-state index contributed by atoms with van der Waals surface area (Å²) < 4.78 is 11.6. The van der Waals surface area contributed by atoms with Crippen molar-refractivity contribution >= 4 is 17.8 Å². The van der Waals surface area contributed by atoms with Gasteiger partial charge in [0.2, 0.25) is 5.91 Å². The van der Waals surface area contributed by atoms with Crippen molar-refractivity contribution in [2.75, 3.05) is 13.2 Å². The van der Waals surface area contributed by atoms with E-state index in [-0.39, 0.29) is 31.1 Å². The standard InChI is InChI=1S/C17H21N3O5/c1-17(2)9-10-4-3-5-12(14(10)25-17)24-7-6-18-13(21)8-11-15(22)20-16(23)19-11/h3-5,11H,6-9H2,1-2H3,(H,18,21)(H2,19,20,22,23)/t11-/m0/s1. The number of urea groups is 1. The van der Waals surface area contributed by atoms with Gasteiger partial charge in [-0.05, 0) is 19.9 Å². The van der Waals surface area contributed by atoms with Crippen molar-refractivity contribution < 1.29 is 23.9 Å². The fourth-order valence-electron chi connectivity index (χ4n) is 2.91. The molecular weight excluding hydrogens is 326 g/mol. The highest BCUT2D eigenvalue weighted by atomic mass is 16.5. The van der Waals surface area contributed by atoms with Gasteiger partial charge >= 0.3 is 6.03 Å². The molecule has 3 rings (SSSR count). The van der Waals surface area contributed by atoms with Crippen molar-refractivity contribution in [3.63, 3.8) is 0 Å². The third-order valence-corrected chi connectivity index (χ3v) is 3.98. The van der Waals surface area contributed by atoms with Gasteiger partial charge in [0.15, 0.2) is 11.5 Å². The second kappa shape index (κ2) is 6.62. The predicted molar refractivity (Wildman–Crippen MR) is 88.4 cm³/mol. The average molecular weight is 347 g/mol. The summed E-state index contributed by atoms with van der Waals surface area (Å²) in [5.41, 5.74) is 0.858. The van der Waals surface area contributed by atoms with Gasteiger partial charge in [-0.1, -0.05) is 12.1 Å². The molecule has 1 aromatic carbocycles. The molecule has 2 aliphatic rings. The first kappa shape index (κ1) is 17.1. The van der Waals surface area contributed by atoms with E-state index in [1.165, 1.54) is 0 Å². The van der Waals surface area contributed by atoms with Crippen molar-refractivity contribution in [2.45, 2.75) is 38.3 Å². The number of carbonyl (C=O) groups is 3. The third-order valence-electron chi connectivity index (χ3n) is 3.98. The number of carbonyl (C=O) groups excluding carboxylic acids is 3. The van der Waals surface area contributed by atoms with Crippen LogP contribution in [-0.4, -0.2) is 42.6 Å². The molecule has 8 nitrogen and oxygen atoms in total. The van der Waals surface area contributed by atoms with Crippen LogP contribution in [0.2, 0.25) is 0 Å². The number of rotatable bonds is 6. The van der Waals surface area contributed by atoms with E-state index in [4.69, 9.17) is 9.47 Å². The molecule has 2 aliphatic heterocycles. The van der Waals surface area contributed by atoms with E-state index in [2.05, 4.69) is 16.0 Å². The van der Waals surface area contributed by atoms with Crippen LogP contribution in [-0.2, 0) is 16.0 Å². The van der Waals surface area contributed by atoms with Crippen molar-refractivity contribution in [1.82, 2.24) is 16.0 Å². The molecular formula is C17H21N3O5. The SMILES string of the molecule is CC1(C)Cc2cccc(OCCNC(=O)C[C@@H]3NC(=O)NC3=O)c2O1. The Kier molecular flexibility index (Phi) is 4.52. The summed E-state index contributed by atoms with van der Waals surface area (Å²) in [4.78, 5) is 34.2. The lowest BCUT2D eigenvalue weighted by Gasteiger charge is -2.18. The lowest BCUT2D eigenvalue weighted by atomic mass is 10.0. The van der Waals surface area contributed by atoms with Gasteiger partial charge in [-0.25, -0.2) is 4.79 Å². The van der Waals surface area contributed by atoms with E-state index in [1.54, 1.807) is 0 Å². The maximum absolute atomic E-state index is 11.8. The van der Waals surface area contributed by atoms with Gasteiger partial charge in [-0.15, -0.1) is 0 Å². The highest BCUT2D eigenvalue weighted by Crippen LogP contribution is 2.41. The first-order chi connectivity index (χ1) is 11.8. The Morgan fingerprint density at radius 1 is 1.40 bits per heavy atom. The number of amides is 4. The van der Waals surface area contributed by atoms with E-state index in [0.717, 1.165) is 17.7 Å². The van der Waals surface area contributed by atoms with Crippen molar-refractivity contribution in [3.8, 4) is 11.5 Å². The van der Waals surface area contributed by atoms with E-state index < -0.39 is 18.0 Å². The quantitative estimate of drug-likeness (QED) is 0.513. The van der Waals surface area contributed by atoms with Gasteiger partial charge in [-0.3, -0.25) is 14.9 Å². The number of ether oxygens (including phenoxy) is 2. The van der Waals surface area contributed by atoms with E-state index in [1.807, 2.05) is 32.0 Å². The molecule has 4 amide bonds. The van der Waals surface area contributed by atoms with Crippen LogP contribution in [0.3, 0.4) is 0 Å². The van der Waals surface area contributed by atoms with Crippen molar-refractivity contribution in [3.05, 3.63) is 23.8 Å². The minimum atomic E-state index is -0.818. The Hall–Kier alpha value is -2.77. The zero-order chi connectivity index (χ0) is 18.0. The van der Waals surface area contributed by atoms with Crippen LogP contribution in [0.1, 0.15) is 25.8 Å². The van der Waals surface area contributed by atoms with Crippen LogP contribution in [0, 0.1) is 0 Å². The summed E-state index contributed by atoms with van der Waals surface area (Å²) in [7, 11) is 0. The topological polar surface area (TPSA) is 106 Å². The average Bonchev–Trinajstić information content (AvgIpc) is 3.01. The Morgan fingerprint density at radius 3 is 2.92 bits per heavy atom. The Labute approximate surface area is 145 Å². The summed E-state index contributed by atoms with van der Waals surface area (Å²) in [6, 6.07) is 4.37. The van der Waals surface area contributed by atoms with E-state index in [9.17, 15) is 14.4 Å². The molecule has 25 heavy (non-hydrogen) atoms. The zero-order valence-electron chi connectivity index (χ0n) is 14.2. The number of nitrogens with one attached hydrogen (secondary N) is 3. The number of fused-ring (bicyclic) bond motifs is 1. The van der Waals surface area contributed by atoms with Gasteiger partial charge < -0.3 is 20.1 Å². The molecule has 1 saturated heterocycles. The summed E-state index contributed by atoms with van der Waals surface area (Å²) in [6.45, 7) is 4.60. The molecule has 0 spiro atoms. The number of hydrogen-bond donors (Lipinski definition) is 3. The normalized spacial score (nSPS) is 20.3. The predicted octanol–water partition coefficient (Wildman–Crippen LogP) is 0.493. The smallest absolute Gasteiger partial charge is 0.322 e. The van der Waals surface area contributed by atoms with Gasteiger partial charge in [-0.2, -0.15) is 0 Å². The third kappa shape index (κ3) is 4.01. The van der Waals surface area contributed by atoms with E-state index >= 15 is 0 Å². The van der Waals surface area contributed by atoms with Crippen LogP contribution in [0.25, 0.3) is 0 Å². The van der Waals surface area contributed by atoms with Crippen LogP contribution in [0.15, 0.2) is 18.2 Å².